The third kappa shape index (κ3) is 2.62. The average molecular weight is 337 g/mol. The number of fused-ring (bicyclic) bond motifs is 1. The summed E-state index contributed by atoms with van der Waals surface area (Å²) in [5.41, 5.74) is 5.18. The number of carbonyl (C=O) groups excluding carboxylic acids is 1. The van der Waals surface area contributed by atoms with Crippen molar-refractivity contribution in [2.45, 2.75) is 39.2 Å². The monoisotopic (exact) mass is 337 g/mol. The lowest BCUT2D eigenvalue weighted by Crippen LogP contribution is -2.32. The van der Waals surface area contributed by atoms with Crippen molar-refractivity contribution in [1.29, 1.82) is 0 Å². The third-order valence-electron chi connectivity index (χ3n) is 5.34. The molecule has 0 saturated carbocycles. The van der Waals surface area contributed by atoms with Gasteiger partial charge in [0, 0.05) is 30.2 Å². The van der Waals surface area contributed by atoms with Gasteiger partial charge in [0.05, 0.1) is 29.4 Å². The first-order valence-corrected chi connectivity index (χ1v) is 8.78. The molecule has 6 nitrogen and oxygen atoms in total. The summed E-state index contributed by atoms with van der Waals surface area (Å²) < 4.78 is 1.91. The van der Waals surface area contributed by atoms with Crippen LogP contribution in [0.15, 0.2) is 24.3 Å². The Labute approximate surface area is 146 Å². The number of carbonyl (C=O) groups is 1. The molecule has 0 bridgehead atoms. The fraction of sp³-hybridized carbons (Fsp3) is 0.421. The molecule has 4 rings (SSSR count). The molecule has 1 atom stereocenters. The van der Waals surface area contributed by atoms with Crippen molar-refractivity contribution in [2.24, 2.45) is 7.05 Å². The molecular weight excluding hydrogens is 314 g/mol. The van der Waals surface area contributed by atoms with Gasteiger partial charge in [0.25, 0.3) is 0 Å². The number of nitrogens with one attached hydrogen (secondary N) is 1. The van der Waals surface area contributed by atoms with E-state index < -0.39 is 0 Å². The van der Waals surface area contributed by atoms with Crippen LogP contribution in [0.5, 0.6) is 0 Å². The summed E-state index contributed by atoms with van der Waals surface area (Å²) in [7, 11) is 1.96. The van der Waals surface area contributed by atoms with E-state index in [4.69, 9.17) is 0 Å². The first-order valence-electron chi connectivity index (χ1n) is 8.78. The molecule has 1 aliphatic rings. The van der Waals surface area contributed by atoms with Crippen molar-refractivity contribution < 1.29 is 4.79 Å². The largest absolute Gasteiger partial charge is 0.335 e. The summed E-state index contributed by atoms with van der Waals surface area (Å²) in [5, 5.41) is 12.9. The van der Waals surface area contributed by atoms with Crippen LogP contribution in [-0.2, 0) is 18.3 Å². The molecule has 1 N–H and O–H groups in total. The van der Waals surface area contributed by atoms with E-state index in [1.54, 1.807) is 0 Å². The average Bonchev–Trinajstić information content (AvgIpc) is 3.27. The topological polar surface area (TPSA) is 66.8 Å². The van der Waals surface area contributed by atoms with Crippen LogP contribution in [0.25, 0.3) is 10.9 Å². The molecular formula is C19H23N5O. The standard InChI is InChI=1S/C19H23N5O/c1-12-19(13(2)23(3)22-12)17-9-6-10-24(17)18(25)11-16-14-7-4-5-8-15(14)20-21-16/h4-5,7-8,17H,6,9-11H2,1-3H3,(H,20,21). The van der Waals surface area contributed by atoms with Crippen LogP contribution < -0.4 is 0 Å². The lowest BCUT2D eigenvalue weighted by atomic mass is 10.0. The van der Waals surface area contributed by atoms with Crippen LogP contribution in [-0.4, -0.2) is 37.3 Å². The van der Waals surface area contributed by atoms with Crippen molar-refractivity contribution in [3.63, 3.8) is 0 Å². The van der Waals surface area contributed by atoms with Gasteiger partial charge in [-0.2, -0.15) is 10.2 Å². The second kappa shape index (κ2) is 6.02. The maximum Gasteiger partial charge on any atom is 0.229 e. The number of likely N-dealkylation sites (tertiary alicyclic amines) is 1. The molecule has 1 unspecified atom stereocenters. The molecule has 0 radical (unpaired) electrons. The van der Waals surface area contributed by atoms with E-state index in [1.165, 1.54) is 5.56 Å². The third-order valence-corrected chi connectivity index (χ3v) is 5.34. The van der Waals surface area contributed by atoms with Crippen LogP contribution in [0.3, 0.4) is 0 Å². The van der Waals surface area contributed by atoms with Gasteiger partial charge >= 0.3 is 0 Å². The SMILES string of the molecule is Cc1nn(C)c(C)c1C1CCCN1C(=O)Cc1[nH]nc2ccccc12. The number of nitrogens with zero attached hydrogens (tertiary/aromatic N) is 4. The van der Waals surface area contributed by atoms with Gasteiger partial charge in [0.1, 0.15) is 0 Å². The molecule has 25 heavy (non-hydrogen) atoms. The highest BCUT2D eigenvalue weighted by atomic mass is 16.2. The van der Waals surface area contributed by atoms with E-state index in [2.05, 4.69) is 22.2 Å². The Morgan fingerprint density at radius 2 is 2.12 bits per heavy atom. The Morgan fingerprint density at radius 1 is 1.32 bits per heavy atom. The van der Waals surface area contributed by atoms with E-state index in [0.29, 0.717) is 6.42 Å². The summed E-state index contributed by atoms with van der Waals surface area (Å²) in [6, 6.07) is 8.04. The van der Waals surface area contributed by atoms with E-state index in [0.717, 1.165) is 47.4 Å². The lowest BCUT2D eigenvalue weighted by Gasteiger charge is -2.25. The molecule has 0 aliphatic carbocycles. The predicted molar refractivity (Wildman–Crippen MR) is 96.2 cm³/mol. The van der Waals surface area contributed by atoms with Crippen molar-refractivity contribution in [3.8, 4) is 0 Å². The smallest absolute Gasteiger partial charge is 0.229 e. The van der Waals surface area contributed by atoms with Gasteiger partial charge in [-0.15, -0.1) is 0 Å². The molecule has 1 aliphatic heterocycles. The summed E-state index contributed by atoms with van der Waals surface area (Å²) in [6.07, 6.45) is 2.39. The van der Waals surface area contributed by atoms with Gasteiger partial charge in [-0.1, -0.05) is 18.2 Å². The molecule has 1 amide bonds. The zero-order valence-corrected chi connectivity index (χ0v) is 14.9. The minimum absolute atomic E-state index is 0.135. The lowest BCUT2D eigenvalue weighted by molar-refractivity contribution is -0.131. The number of H-pyrrole nitrogens is 1. The fourth-order valence-electron chi connectivity index (χ4n) is 4.04. The first-order chi connectivity index (χ1) is 12.1. The van der Waals surface area contributed by atoms with Crippen LogP contribution in [0, 0.1) is 13.8 Å². The minimum Gasteiger partial charge on any atom is -0.335 e. The highest BCUT2D eigenvalue weighted by molar-refractivity contribution is 5.87. The molecule has 3 aromatic rings. The zero-order chi connectivity index (χ0) is 17.6. The van der Waals surface area contributed by atoms with Gasteiger partial charge in [-0.05, 0) is 32.8 Å². The quantitative estimate of drug-likeness (QED) is 0.799. The number of hydrogen-bond acceptors (Lipinski definition) is 3. The highest BCUT2D eigenvalue weighted by Crippen LogP contribution is 2.35. The van der Waals surface area contributed by atoms with E-state index >= 15 is 0 Å². The fourth-order valence-corrected chi connectivity index (χ4v) is 4.04. The van der Waals surface area contributed by atoms with Gasteiger partial charge in [0.15, 0.2) is 0 Å². The number of amides is 1. The van der Waals surface area contributed by atoms with Gasteiger partial charge < -0.3 is 4.90 Å². The number of aromatic nitrogens is 4. The van der Waals surface area contributed by atoms with Crippen LogP contribution >= 0.6 is 0 Å². The molecule has 2 aromatic heterocycles. The van der Waals surface area contributed by atoms with Crippen molar-refractivity contribution >= 4 is 16.8 Å². The van der Waals surface area contributed by atoms with Crippen LogP contribution in [0.2, 0.25) is 0 Å². The Balaban J connectivity index is 1.61. The maximum absolute atomic E-state index is 13.0. The zero-order valence-electron chi connectivity index (χ0n) is 14.9. The van der Waals surface area contributed by atoms with Crippen molar-refractivity contribution in [2.75, 3.05) is 6.54 Å². The molecule has 1 fully saturated rings. The highest BCUT2D eigenvalue weighted by Gasteiger charge is 2.33. The first kappa shape index (κ1) is 15.9. The Hall–Kier alpha value is -2.63. The van der Waals surface area contributed by atoms with Crippen molar-refractivity contribution in [3.05, 3.63) is 46.9 Å². The van der Waals surface area contributed by atoms with Crippen molar-refractivity contribution in [1.82, 2.24) is 24.9 Å². The molecule has 6 heteroatoms. The number of rotatable bonds is 3. The van der Waals surface area contributed by atoms with E-state index in [1.807, 2.05) is 47.8 Å². The Kier molecular flexibility index (Phi) is 3.82. The second-order valence-electron chi connectivity index (χ2n) is 6.85. The Morgan fingerprint density at radius 3 is 2.88 bits per heavy atom. The van der Waals surface area contributed by atoms with E-state index in [9.17, 15) is 4.79 Å². The normalized spacial score (nSPS) is 17.6. The van der Waals surface area contributed by atoms with E-state index in [-0.39, 0.29) is 11.9 Å². The van der Waals surface area contributed by atoms with Crippen LogP contribution in [0.1, 0.15) is 41.5 Å². The van der Waals surface area contributed by atoms with Gasteiger partial charge in [-0.3, -0.25) is 14.6 Å². The second-order valence-corrected chi connectivity index (χ2v) is 6.85. The van der Waals surface area contributed by atoms with Crippen LogP contribution in [0.4, 0.5) is 0 Å². The molecule has 1 saturated heterocycles. The maximum atomic E-state index is 13.0. The molecule has 0 spiro atoms. The predicted octanol–water partition coefficient (Wildman–Crippen LogP) is 2.82. The van der Waals surface area contributed by atoms with Gasteiger partial charge in [-0.25, -0.2) is 0 Å². The summed E-state index contributed by atoms with van der Waals surface area (Å²) in [5.74, 6) is 0.152. The molecule has 1 aromatic carbocycles. The number of para-hydroxylation sites is 1. The Bertz CT molecular complexity index is 939. The summed E-state index contributed by atoms with van der Waals surface area (Å²) in [4.78, 5) is 15.0. The summed E-state index contributed by atoms with van der Waals surface area (Å²) in [6.45, 7) is 4.92. The number of benzene rings is 1. The minimum atomic E-state index is 0.135. The molecule has 3 heterocycles. The number of aromatic amines is 1. The summed E-state index contributed by atoms with van der Waals surface area (Å²) >= 11 is 0. The van der Waals surface area contributed by atoms with Gasteiger partial charge in [0.2, 0.25) is 5.91 Å². The molecule has 130 valence electrons. The number of aryl methyl sites for hydroxylation is 2. The number of hydrogen-bond donors (Lipinski definition) is 1.